The summed E-state index contributed by atoms with van der Waals surface area (Å²) in [4.78, 5) is 25.5. The molecule has 0 radical (unpaired) electrons. The van der Waals surface area contributed by atoms with E-state index < -0.39 is 23.3 Å². The van der Waals surface area contributed by atoms with Crippen LogP contribution in [0.3, 0.4) is 0 Å². The quantitative estimate of drug-likeness (QED) is 0.478. The molecule has 5 nitrogen and oxygen atoms in total. The van der Waals surface area contributed by atoms with Crippen molar-refractivity contribution in [2.45, 2.75) is 113 Å². The lowest BCUT2D eigenvalue weighted by Crippen LogP contribution is -2.56. The number of carboxylic acid groups (broad SMARTS) is 2. The van der Waals surface area contributed by atoms with Crippen LogP contribution >= 0.6 is 0 Å². The van der Waals surface area contributed by atoms with Gasteiger partial charge in [-0.2, -0.15) is 0 Å². The molecule has 0 aromatic carbocycles. The second kappa shape index (κ2) is 9.40. The molecule has 0 bridgehead atoms. The van der Waals surface area contributed by atoms with Crippen molar-refractivity contribution in [3.05, 3.63) is 0 Å². The van der Waals surface area contributed by atoms with Gasteiger partial charge in [0.15, 0.2) is 0 Å². The summed E-state index contributed by atoms with van der Waals surface area (Å²) in [6.07, 6.45) is 3.08. The SMILES string of the molecule is CCC(C)(C)CC(C)N(C(C)CC(C)C(=O)O)C(C)(C)CC(C)(C)C(=O)O. The Kier molecular flexibility index (Phi) is 9.02. The summed E-state index contributed by atoms with van der Waals surface area (Å²) >= 11 is 0. The maximum atomic E-state index is 11.7. The second-order valence-electron chi connectivity index (χ2n) is 10.5. The number of hydrogen-bond donors (Lipinski definition) is 2. The summed E-state index contributed by atoms with van der Waals surface area (Å²) in [5.41, 5.74) is -1.04. The van der Waals surface area contributed by atoms with Crippen LogP contribution in [0.15, 0.2) is 0 Å². The monoisotopic (exact) mass is 385 g/mol. The molecule has 2 N–H and O–H groups in total. The van der Waals surface area contributed by atoms with Crippen molar-refractivity contribution in [1.82, 2.24) is 4.90 Å². The zero-order valence-corrected chi connectivity index (χ0v) is 19.2. The van der Waals surface area contributed by atoms with Crippen molar-refractivity contribution in [2.24, 2.45) is 16.7 Å². The van der Waals surface area contributed by atoms with Gasteiger partial charge in [0.05, 0.1) is 11.3 Å². The van der Waals surface area contributed by atoms with Crippen molar-refractivity contribution in [3.8, 4) is 0 Å². The third-order valence-corrected chi connectivity index (χ3v) is 6.02. The third-order valence-electron chi connectivity index (χ3n) is 6.02. The first-order valence-corrected chi connectivity index (χ1v) is 10.2. The van der Waals surface area contributed by atoms with Crippen molar-refractivity contribution in [2.75, 3.05) is 0 Å². The maximum Gasteiger partial charge on any atom is 0.309 e. The molecule has 0 rings (SSSR count). The highest BCUT2D eigenvalue weighted by molar-refractivity contribution is 5.73. The van der Waals surface area contributed by atoms with E-state index in [4.69, 9.17) is 0 Å². The molecule has 0 saturated carbocycles. The molecule has 0 amide bonds. The molecular formula is C22H43NO4. The fourth-order valence-corrected chi connectivity index (χ4v) is 4.64. The maximum absolute atomic E-state index is 11.7. The minimum absolute atomic E-state index is 0.0401. The Balaban J connectivity index is 5.80. The van der Waals surface area contributed by atoms with E-state index >= 15 is 0 Å². The van der Waals surface area contributed by atoms with Gasteiger partial charge in [0, 0.05) is 17.6 Å². The summed E-state index contributed by atoms with van der Waals surface area (Å²) in [5, 5.41) is 19.0. The highest BCUT2D eigenvalue weighted by Gasteiger charge is 2.42. The highest BCUT2D eigenvalue weighted by atomic mass is 16.4. The number of hydrogen-bond acceptors (Lipinski definition) is 3. The Morgan fingerprint density at radius 2 is 1.41 bits per heavy atom. The second-order valence-corrected chi connectivity index (χ2v) is 10.5. The Labute approximate surface area is 166 Å². The van der Waals surface area contributed by atoms with Gasteiger partial charge in [-0.1, -0.05) is 34.1 Å². The van der Waals surface area contributed by atoms with E-state index in [-0.39, 0.29) is 23.0 Å². The lowest BCUT2D eigenvalue weighted by Gasteiger charge is -2.50. The molecule has 0 aromatic heterocycles. The van der Waals surface area contributed by atoms with Crippen molar-refractivity contribution in [3.63, 3.8) is 0 Å². The van der Waals surface area contributed by atoms with Gasteiger partial charge in [-0.15, -0.1) is 0 Å². The molecule has 27 heavy (non-hydrogen) atoms. The van der Waals surface area contributed by atoms with Crippen LogP contribution in [0.5, 0.6) is 0 Å². The van der Waals surface area contributed by atoms with E-state index in [2.05, 4.69) is 53.4 Å². The third kappa shape index (κ3) is 7.81. The first kappa shape index (κ1) is 25.9. The molecule has 5 heteroatoms. The average molecular weight is 386 g/mol. The number of rotatable bonds is 12. The molecule has 0 saturated heterocycles. The minimum Gasteiger partial charge on any atom is -0.481 e. The molecule has 0 spiro atoms. The van der Waals surface area contributed by atoms with Crippen LogP contribution in [0.2, 0.25) is 0 Å². The van der Waals surface area contributed by atoms with E-state index in [0.717, 1.165) is 12.8 Å². The fourth-order valence-electron chi connectivity index (χ4n) is 4.64. The van der Waals surface area contributed by atoms with Gasteiger partial charge in [-0.05, 0) is 66.2 Å². The van der Waals surface area contributed by atoms with Crippen LogP contribution < -0.4 is 0 Å². The van der Waals surface area contributed by atoms with Gasteiger partial charge < -0.3 is 10.2 Å². The molecule has 0 aliphatic heterocycles. The lowest BCUT2D eigenvalue weighted by molar-refractivity contribution is -0.150. The Morgan fingerprint density at radius 3 is 1.78 bits per heavy atom. The number of carbonyl (C=O) groups is 2. The predicted molar refractivity (Wildman–Crippen MR) is 111 cm³/mol. The zero-order valence-electron chi connectivity index (χ0n) is 19.2. The van der Waals surface area contributed by atoms with Crippen molar-refractivity contribution >= 4 is 11.9 Å². The summed E-state index contributed by atoms with van der Waals surface area (Å²) in [6.45, 7) is 20.4. The first-order chi connectivity index (χ1) is 12.0. The molecule has 160 valence electrons. The Bertz CT molecular complexity index is 510. The van der Waals surface area contributed by atoms with Crippen molar-refractivity contribution in [1.29, 1.82) is 0 Å². The van der Waals surface area contributed by atoms with Gasteiger partial charge in [0.2, 0.25) is 0 Å². The molecule has 0 aliphatic carbocycles. The van der Waals surface area contributed by atoms with Crippen LogP contribution in [0, 0.1) is 16.7 Å². The number of carboxylic acids is 2. The lowest BCUT2D eigenvalue weighted by atomic mass is 9.76. The largest absolute Gasteiger partial charge is 0.481 e. The van der Waals surface area contributed by atoms with Crippen LogP contribution in [-0.2, 0) is 9.59 Å². The molecule has 3 atom stereocenters. The topological polar surface area (TPSA) is 77.8 Å². The van der Waals surface area contributed by atoms with Crippen LogP contribution in [0.25, 0.3) is 0 Å². The van der Waals surface area contributed by atoms with Gasteiger partial charge in [-0.25, -0.2) is 0 Å². The van der Waals surface area contributed by atoms with Gasteiger partial charge in [0.25, 0.3) is 0 Å². The highest BCUT2D eigenvalue weighted by Crippen LogP contribution is 2.38. The van der Waals surface area contributed by atoms with E-state index in [0.29, 0.717) is 12.8 Å². The van der Waals surface area contributed by atoms with Crippen LogP contribution in [0.4, 0.5) is 0 Å². The zero-order chi connectivity index (χ0) is 21.8. The molecule has 0 aromatic rings. The van der Waals surface area contributed by atoms with E-state index in [1.807, 2.05) is 0 Å². The first-order valence-electron chi connectivity index (χ1n) is 10.2. The smallest absolute Gasteiger partial charge is 0.309 e. The van der Waals surface area contributed by atoms with Gasteiger partial charge >= 0.3 is 11.9 Å². The molecule has 3 unspecified atom stereocenters. The van der Waals surface area contributed by atoms with Gasteiger partial charge in [-0.3, -0.25) is 14.5 Å². The van der Waals surface area contributed by atoms with Crippen molar-refractivity contribution < 1.29 is 19.8 Å². The summed E-state index contributed by atoms with van der Waals surface area (Å²) < 4.78 is 0. The average Bonchev–Trinajstić information content (AvgIpc) is 2.44. The van der Waals surface area contributed by atoms with Crippen LogP contribution in [-0.4, -0.2) is 44.7 Å². The molecular weight excluding hydrogens is 342 g/mol. The van der Waals surface area contributed by atoms with E-state index in [1.165, 1.54) is 0 Å². The Hall–Kier alpha value is -1.10. The predicted octanol–water partition coefficient (Wildman–Crippen LogP) is 5.28. The molecule has 0 heterocycles. The number of aliphatic carboxylic acids is 2. The van der Waals surface area contributed by atoms with Gasteiger partial charge in [0.1, 0.15) is 0 Å². The van der Waals surface area contributed by atoms with Crippen LogP contribution in [0.1, 0.15) is 94.9 Å². The fraction of sp³-hybridized carbons (Fsp3) is 0.909. The summed E-state index contributed by atoms with van der Waals surface area (Å²) in [7, 11) is 0. The van der Waals surface area contributed by atoms with E-state index in [9.17, 15) is 19.8 Å². The minimum atomic E-state index is -0.847. The standard InChI is InChI=1S/C22H43NO4/c1-11-20(5,6)13-17(4)23(16(3)12-15(2)18(24)25)22(9,10)14-21(7,8)19(26)27/h15-17H,11-14H2,1-10H3,(H,24,25)(H,26,27). The molecule has 0 aliphatic rings. The summed E-state index contributed by atoms with van der Waals surface area (Å²) in [6, 6.07) is 0.258. The Morgan fingerprint density at radius 1 is 0.926 bits per heavy atom. The van der Waals surface area contributed by atoms with E-state index in [1.54, 1.807) is 20.8 Å². The normalized spacial score (nSPS) is 16.9. The molecule has 0 fully saturated rings. The summed E-state index contributed by atoms with van der Waals surface area (Å²) in [5.74, 6) is -2.02. The number of nitrogens with zero attached hydrogens (tertiary/aromatic N) is 1.